The molecule has 1 N–H and O–H groups in total. The quantitative estimate of drug-likeness (QED) is 0.534. The van der Waals surface area contributed by atoms with Crippen LogP contribution in [-0.4, -0.2) is 59.6 Å². The lowest BCUT2D eigenvalue weighted by Crippen LogP contribution is -2.66. The Hall–Kier alpha value is -2.04. The highest BCUT2D eigenvalue weighted by Crippen LogP contribution is 2.32. The molecule has 1 aliphatic heterocycles. The molecule has 7 nitrogen and oxygen atoms in total. The van der Waals surface area contributed by atoms with Gasteiger partial charge in [-0.05, 0) is 30.8 Å². The SMILES string of the molecule is COC(=O)c1ccc(CNS(=O)(=O)[N+]2(c3ccc(F)c(Cl)c3)CCN(C)CC2)cc1. The van der Waals surface area contributed by atoms with Gasteiger partial charge in [-0.15, -0.1) is 0 Å². The van der Waals surface area contributed by atoms with Crippen LogP contribution < -0.4 is 8.61 Å². The Kier molecular flexibility index (Phi) is 6.78. The van der Waals surface area contributed by atoms with Gasteiger partial charge in [-0.1, -0.05) is 23.7 Å². The highest BCUT2D eigenvalue weighted by atomic mass is 35.5. The number of nitrogens with one attached hydrogen (secondary N) is 1. The molecule has 0 amide bonds. The van der Waals surface area contributed by atoms with Crippen LogP contribution in [0.1, 0.15) is 15.9 Å². The molecule has 1 saturated heterocycles. The van der Waals surface area contributed by atoms with Crippen LogP contribution in [0.4, 0.5) is 10.1 Å². The van der Waals surface area contributed by atoms with E-state index < -0.39 is 22.0 Å². The Morgan fingerprint density at radius 1 is 1.20 bits per heavy atom. The van der Waals surface area contributed by atoms with Gasteiger partial charge in [0.1, 0.15) is 18.9 Å². The van der Waals surface area contributed by atoms with Crippen LogP contribution in [0.25, 0.3) is 0 Å². The van der Waals surface area contributed by atoms with Crippen LogP contribution in [0.15, 0.2) is 42.5 Å². The number of carbonyl (C=O) groups is 1. The van der Waals surface area contributed by atoms with Crippen molar-refractivity contribution in [1.29, 1.82) is 0 Å². The summed E-state index contributed by atoms with van der Waals surface area (Å²) in [6.07, 6.45) is 0. The predicted molar refractivity (Wildman–Crippen MR) is 114 cm³/mol. The molecule has 0 radical (unpaired) electrons. The minimum absolute atomic E-state index is 0.0502. The highest BCUT2D eigenvalue weighted by Gasteiger charge is 2.46. The Bertz CT molecular complexity index is 1020. The molecule has 1 aliphatic rings. The molecule has 2 aromatic carbocycles. The molecule has 0 aromatic heterocycles. The number of benzene rings is 2. The minimum Gasteiger partial charge on any atom is -0.465 e. The van der Waals surface area contributed by atoms with E-state index in [2.05, 4.69) is 9.46 Å². The number of piperazine rings is 1. The van der Waals surface area contributed by atoms with E-state index in [9.17, 15) is 17.6 Å². The summed E-state index contributed by atoms with van der Waals surface area (Å²) in [4.78, 5) is 13.6. The molecule has 30 heavy (non-hydrogen) atoms. The normalized spacial score (nSPS) is 16.9. The van der Waals surface area contributed by atoms with Gasteiger partial charge in [-0.25, -0.2) is 9.18 Å². The summed E-state index contributed by atoms with van der Waals surface area (Å²) in [6, 6.07) is 10.5. The molecule has 0 atom stereocenters. The summed E-state index contributed by atoms with van der Waals surface area (Å²) in [5.41, 5.74) is 1.49. The maximum atomic E-state index is 13.7. The Labute approximate surface area is 180 Å². The average molecular weight is 457 g/mol. The van der Waals surface area contributed by atoms with Crippen molar-refractivity contribution in [3.05, 3.63) is 64.4 Å². The van der Waals surface area contributed by atoms with E-state index in [1.165, 1.54) is 25.3 Å². The lowest BCUT2D eigenvalue weighted by molar-refractivity contribution is 0.0600. The number of halogens is 2. The van der Waals surface area contributed by atoms with E-state index in [0.717, 1.165) is 0 Å². The van der Waals surface area contributed by atoms with Gasteiger partial charge in [0, 0.05) is 31.8 Å². The standard InChI is InChI=1S/C20H24ClFN3O4S/c1-24-9-11-25(12-10-24,17-7-8-19(22)18(21)13-17)30(27,28)23-14-15-3-5-16(6-4-15)20(26)29-2/h3-8,13,23H,9-12,14H2,1-2H3/q+1. The number of hydrogen-bond acceptors (Lipinski definition) is 5. The van der Waals surface area contributed by atoms with Gasteiger partial charge in [0.15, 0.2) is 5.69 Å². The van der Waals surface area contributed by atoms with Crippen molar-refractivity contribution in [1.82, 2.24) is 13.5 Å². The van der Waals surface area contributed by atoms with Gasteiger partial charge in [0.2, 0.25) is 0 Å². The van der Waals surface area contributed by atoms with Crippen molar-refractivity contribution >= 4 is 33.5 Å². The number of esters is 1. The number of ether oxygens (including phenoxy) is 1. The molecule has 0 bridgehead atoms. The molecular weight excluding hydrogens is 433 g/mol. The first-order chi connectivity index (χ1) is 14.2. The van der Waals surface area contributed by atoms with Crippen molar-refractivity contribution in [2.45, 2.75) is 6.54 Å². The fraction of sp³-hybridized carbons (Fsp3) is 0.350. The lowest BCUT2D eigenvalue weighted by atomic mass is 10.1. The average Bonchev–Trinajstić information content (AvgIpc) is 2.74. The second kappa shape index (κ2) is 8.99. The molecule has 0 unspecified atom stereocenters. The number of methoxy groups -OCH3 is 1. The smallest absolute Gasteiger partial charge is 0.375 e. The lowest BCUT2D eigenvalue weighted by Gasteiger charge is -2.41. The molecular formula is C20H24ClFN3O4S+. The monoisotopic (exact) mass is 456 g/mol. The van der Waals surface area contributed by atoms with Crippen LogP contribution in [0, 0.1) is 5.82 Å². The predicted octanol–water partition coefficient (Wildman–Crippen LogP) is 2.55. The zero-order chi connectivity index (χ0) is 21.9. The van der Waals surface area contributed by atoms with E-state index in [1.807, 2.05) is 11.9 Å². The van der Waals surface area contributed by atoms with Crippen molar-refractivity contribution in [2.75, 3.05) is 40.3 Å². The molecule has 1 fully saturated rings. The zero-order valence-corrected chi connectivity index (χ0v) is 18.3. The molecule has 162 valence electrons. The third-order valence-electron chi connectivity index (χ3n) is 5.35. The maximum absolute atomic E-state index is 13.7. The van der Waals surface area contributed by atoms with Crippen LogP contribution in [0.5, 0.6) is 0 Å². The number of likely N-dealkylation sites (N-methyl/N-ethyl adjacent to an activating group) is 1. The van der Waals surface area contributed by atoms with Gasteiger partial charge in [-0.3, -0.25) is 4.90 Å². The second-order valence-corrected chi connectivity index (χ2v) is 9.57. The highest BCUT2D eigenvalue weighted by molar-refractivity contribution is 7.89. The number of nitrogens with zero attached hydrogens (tertiary/aromatic N) is 2. The van der Waals surface area contributed by atoms with E-state index in [1.54, 1.807) is 24.3 Å². The molecule has 2 aromatic rings. The summed E-state index contributed by atoms with van der Waals surface area (Å²) in [5.74, 6) is -1.05. The molecule has 0 spiro atoms. The van der Waals surface area contributed by atoms with Crippen LogP contribution >= 0.6 is 11.6 Å². The summed E-state index contributed by atoms with van der Waals surface area (Å²) >= 11 is 5.95. The Morgan fingerprint density at radius 2 is 1.83 bits per heavy atom. The summed E-state index contributed by atoms with van der Waals surface area (Å²) in [5, 5.41) is -0.113. The third-order valence-corrected chi connectivity index (χ3v) is 7.65. The Morgan fingerprint density at radius 3 is 2.40 bits per heavy atom. The van der Waals surface area contributed by atoms with Gasteiger partial charge in [0.25, 0.3) is 0 Å². The minimum atomic E-state index is -3.89. The van der Waals surface area contributed by atoms with Crippen LogP contribution in [0.3, 0.4) is 0 Å². The number of hydrogen-bond donors (Lipinski definition) is 1. The molecule has 0 aliphatic carbocycles. The maximum Gasteiger partial charge on any atom is 0.375 e. The third kappa shape index (κ3) is 4.50. The van der Waals surface area contributed by atoms with Crippen LogP contribution in [0.2, 0.25) is 5.02 Å². The fourth-order valence-corrected chi connectivity index (χ4v) is 5.24. The number of rotatable bonds is 6. The van der Waals surface area contributed by atoms with E-state index >= 15 is 0 Å². The first-order valence-electron chi connectivity index (χ1n) is 9.37. The first-order valence-corrected chi connectivity index (χ1v) is 11.2. The summed E-state index contributed by atoms with van der Waals surface area (Å²) < 4.78 is 47.5. The van der Waals surface area contributed by atoms with Crippen molar-refractivity contribution in [2.24, 2.45) is 0 Å². The topological polar surface area (TPSA) is 75.7 Å². The summed E-state index contributed by atoms with van der Waals surface area (Å²) in [6.45, 7) is 1.77. The second-order valence-electron chi connectivity index (χ2n) is 7.22. The van der Waals surface area contributed by atoms with Gasteiger partial charge in [0.05, 0.1) is 17.7 Å². The molecule has 3 rings (SSSR count). The first kappa shape index (κ1) is 22.6. The van der Waals surface area contributed by atoms with Crippen molar-refractivity contribution < 1.29 is 22.3 Å². The van der Waals surface area contributed by atoms with Crippen molar-refractivity contribution in [3.63, 3.8) is 0 Å². The van der Waals surface area contributed by atoms with Crippen molar-refractivity contribution in [3.8, 4) is 0 Å². The van der Waals surface area contributed by atoms with Gasteiger partial charge in [-0.2, -0.15) is 17.0 Å². The Balaban J connectivity index is 1.87. The number of carbonyl (C=O) groups excluding carboxylic acids is 1. The van der Waals surface area contributed by atoms with Gasteiger partial charge >= 0.3 is 16.2 Å². The molecule has 10 heteroatoms. The summed E-state index contributed by atoms with van der Waals surface area (Å²) in [7, 11) is -0.671. The van der Waals surface area contributed by atoms with E-state index in [4.69, 9.17) is 11.6 Å². The van der Waals surface area contributed by atoms with E-state index in [0.29, 0.717) is 43.0 Å². The zero-order valence-electron chi connectivity index (χ0n) is 16.8. The van der Waals surface area contributed by atoms with E-state index in [-0.39, 0.29) is 15.5 Å². The van der Waals surface area contributed by atoms with Crippen LogP contribution in [-0.2, 0) is 21.5 Å². The molecule has 0 saturated carbocycles. The molecule has 1 heterocycles. The van der Waals surface area contributed by atoms with Gasteiger partial charge < -0.3 is 4.74 Å². The number of quaternary nitrogens is 1. The largest absolute Gasteiger partial charge is 0.465 e. The fourth-order valence-electron chi connectivity index (χ4n) is 3.44.